The second-order valence-electron chi connectivity index (χ2n) is 5.64. The van der Waals surface area contributed by atoms with Gasteiger partial charge in [-0.3, -0.25) is 4.72 Å². The maximum absolute atomic E-state index is 12.4. The van der Waals surface area contributed by atoms with Crippen molar-refractivity contribution in [2.45, 2.75) is 11.8 Å². The lowest BCUT2D eigenvalue weighted by molar-refractivity contribution is 0.601. The van der Waals surface area contributed by atoms with Gasteiger partial charge < -0.3 is 5.32 Å². The molecule has 0 aliphatic rings. The van der Waals surface area contributed by atoms with Gasteiger partial charge in [-0.1, -0.05) is 17.7 Å². The van der Waals surface area contributed by atoms with E-state index in [1.165, 1.54) is 24.3 Å². The minimum absolute atomic E-state index is 0.0823. The van der Waals surface area contributed by atoms with E-state index in [-0.39, 0.29) is 10.7 Å². The monoisotopic (exact) mass is 399 g/mol. The quantitative estimate of drug-likeness (QED) is 0.674. The summed E-state index contributed by atoms with van der Waals surface area (Å²) in [6, 6.07) is 16.4. The highest BCUT2D eigenvalue weighted by atomic mass is 35.5. The molecule has 0 unspecified atom stereocenters. The topological polar surface area (TPSA) is 108 Å². The average molecular weight is 400 g/mol. The van der Waals surface area contributed by atoms with E-state index >= 15 is 0 Å². The molecule has 1 heterocycles. The van der Waals surface area contributed by atoms with Crippen LogP contribution in [0.4, 0.5) is 17.3 Å². The van der Waals surface area contributed by atoms with E-state index in [1.807, 2.05) is 6.07 Å². The van der Waals surface area contributed by atoms with Gasteiger partial charge in [0.05, 0.1) is 16.5 Å². The van der Waals surface area contributed by atoms with Crippen LogP contribution in [0, 0.1) is 18.3 Å². The van der Waals surface area contributed by atoms with Crippen molar-refractivity contribution in [1.82, 2.24) is 10.2 Å². The average Bonchev–Trinajstić information content (AvgIpc) is 2.65. The van der Waals surface area contributed by atoms with Crippen LogP contribution in [0.25, 0.3) is 0 Å². The van der Waals surface area contributed by atoms with Crippen molar-refractivity contribution in [3.63, 3.8) is 0 Å². The molecule has 0 spiro atoms. The van der Waals surface area contributed by atoms with Crippen LogP contribution in [0.2, 0.25) is 5.02 Å². The Balaban J connectivity index is 1.75. The predicted molar refractivity (Wildman–Crippen MR) is 103 cm³/mol. The number of aromatic nitrogens is 2. The molecule has 0 aliphatic carbocycles. The summed E-state index contributed by atoms with van der Waals surface area (Å²) in [5, 5.41) is 20.2. The van der Waals surface area contributed by atoms with Gasteiger partial charge in [0.2, 0.25) is 0 Å². The van der Waals surface area contributed by atoms with E-state index in [2.05, 4.69) is 20.2 Å². The van der Waals surface area contributed by atoms with E-state index in [0.29, 0.717) is 27.7 Å². The van der Waals surface area contributed by atoms with Gasteiger partial charge in [-0.15, -0.1) is 10.2 Å². The maximum Gasteiger partial charge on any atom is 0.263 e. The zero-order chi connectivity index (χ0) is 19.4. The zero-order valence-corrected chi connectivity index (χ0v) is 15.7. The summed E-state index contributed by atoms with van der Waals surface area (Å²) < 4.78 is 27.3. The van der Waals surface area contributed by atoms with Crippen LogP contribution in [0.3, 0.4) is 0 Å². The molecule has 0 fully saturated rings. The Morgan fingerprint density at radius 3 is 2.44 bits per heavy atom. The molecule has 2 N–H and O–H groups in total. The molecule has 0 saturated heterocycles. The Hall–Kier alpha value is -3.15. The van der Waals surface area contributed by atoms with Crippen LogP contribution in [0.15, 0.2) is 59.5 Å². The van der Waals surface area contributed by atoms with Gasteiger partial charge in [0, 0.05) is 10.7 Å². The largest absolute Gasteiger partial charge is 0.339 e. The zero-order valence-electron chi connectivity index (χ0n) is 14.1. The molecule has 7 nitrogen and oxygen atoms in total. The first-order valence-corrected chi connectivity index (χ1v) is 9.63. The SMILES string of the molecule is Cc1cc(S(=O)(=O)Nc2ccc(Nc3cccc(C#N)c3)nn2)ccc1Cl. The Bertz CT molecular complexity index is 1130. The lowest BCUT2D eigenvalue weighted by atomic mass is 10.2. The highest BCUT2D eigenvalue weighted by molar-refractivity contribution is 7.92. The number of aryl methyl sites for hydroxylation is 1. The van der Waals surface area contributed by atoms with Crippen LogP contribution in [0.5, 0.6) is 0 Å². The van der Waals surface area contributed by atoms with Crippen LogP contribution < -0.4 is 10.0 Å². The summed E-state index contributed by atoms with van der Waals surface area (Å²) in [5.41, 5.74) is 1.84. The van der Waals surface area contributed by atoms with Crippen molar-refractivity contribution >= 4 is 38.9 Å². The highest BCUT2D eigenvalue weighted by Crippen LogP contribution is 2.22. The molecule has 0 saturated carbocycles. The summed E-state index contributed by atoms with van der Waals surface area (Å²) in [6.45, 7) is 1.73. The van der Waals surface area contributed by atoms with Gasteiger partial charge in [0.25, 0.3) is 10.0 Å². The molecule has 3 aromatic rings. The molecule has 0 radical (unpaired) electrons. The molecule has 9 heteroatoms. The third-order valence-corrected chi connectivity index (χ3v) is 5.38. The molecule has 0 atom stereocenters. The standard InChI is InChI=1S/C18H14ClN5O2S/c1-12-9-15(5-6-16(12)19)27(25,26)24-18-8-7-17(22-23-18)21-14-4-2-3-13(10-14)11-20/h2-10H,1H3,(H,21,22)(H,23,24). The number of sulfonamides is 1. The molecule has 1 aromatic heterocycles. The first-order valence-electron chi connectivity index (χ1n) is 7.77. The molecular weight excluding hydrogens is 386 g/mol. The third kappa shape index (κ3) is 4.53. The highest BCUT2D eigenvalue weighted by Gasteiger charge is 2.16. The Labute approximate surface area is 161 Å². The van der Waals surface area contributed by atoms with Crippen molar-refractivity contribution in [2.75, 3.05) is 10.0 Å². The fourth-order valence-electron chi connectivity index (χ4n) is 2.25. The van der Waals surface area contributed by atoms with Gasteiger partial charge in [0.15, 0.2) is 11.6 Å². The first kappa shape index (κ1) is 18.6. The summed E-state index contributed by atoms with van der Waals surface area (Å²) >= 11 is 5.93. The van der Waals surface area contributed by atoms with Gasteiger partial charge >= 0.3 is 0 Å². The van der Waals surface area contributed by atoms with Crippen LogP contribution >= 0.6 is 11.6 Å². The number of nitrogens with one attached hydrogen (secondary N) is 2. The van der Waals surface area contributed by atoms with Gasteiger partial charge in [0.1, 0.15) is 0 Å². The number of hydrogen-bond acceptors (Lipinski definition) is 6. The Morgan fingerprint density at radius 2 is 1.78 bits per heavy atom. The lowest BCUT2D eigenvalue weighted by Gasteiger charge is -2.09. The fourth-order valence-corrected chi connectivity index (χ4v) is 3.45. The summed E-state index contributed by atoms with van der Waals surface area (Å²) in [4.78, 5) is 0.0849. The number of halogens is 1. The normalized spacial score (nSPS) is 10.9. The summed E-state index contributed by atoms with van der Waals surface area (Å²) in [6.07, 6.45) is 0. The second kappa shape index (κ2) is 7.61. The molecule has 136 valence electrons. The van der Waals surface area contributed by atoms with Crippen molar-refractivity contribution in [3.8, 4) is 6.07 Å². The van der Waals surface area contributed by atoms with Gasteiger partial charge in [-0.2, -0.15) is 5.26 Å². The smallest absolute Gasteiger partial charge is 0.263 e. The van der Waals surface area contributed by atoms with E-state index < -0.39 is 10.0 Å². The number of rotatable bonds is 5. The van der Waals surface area contributed by atoms with E-state index in [4.69, 9.17) is 16.9 Å². The molecule has 0 aliphatic heterocycles. The van der Waals surface area contributed by atoms with E-state index in [1.54, 1.807) is 37.3 Å². The van der Waals surface area contributed by atoms with Gasteiger partial charge in [-0.25, -0.2) is 8.42 Å². The Morgan fingerprint density at radius 1 is 1.04 bits per heavy atom. The fraction of sp³-hybridized carbons (Fsp3) is 0.0556. The predicted octanol–water partition coefficient (Wildman–Crippen LogP) is 3.85. The van der Waals surface area contributed by atoms with Crippen molar-refractivity contribution < 1.29 is 8.42 Å². The number of nitrogens with zero attached hydrogens (tertiary/aromatic N) is 3. The third-order valence-electron chi connectivity index (χ3n) is 3.61. The number of anilines is 3. The molecule has 2 aromatic carbocycles. The van der Waals surface area contributed by atoms with Crippen LogP contribution in [0.1, 0.15) is 11.1 Å². The number of hydrogen-bond donors (Lipinski definition) is 2. The Kier molecular flexibility index (Phi) is 5.26. The second-order valence-corrected chi connectivity index (χ2v) is 7.73. The van der Waals surface area contributed by atoms with Crippen molar-refractivity contribution in [3.05, 3.63) is 70.7 Å². The summed E-state index contributed by atoms with van der Waals surface area (Å²) in [7, 11) is -3.80. The van der Waals surface area contributed by atoms with E-state index in [0.717, 1.165) is 0 Å². The molecule has 3 rings (SSSR count). The number of benzene rings is 2. The first-order chi connectivity index (χ1) is 12.9. The maximum atomic E-state index is 12.4. The minimum Gasteiger partial charge on any atom is -0.339 e. The van der Waals surface area contributed by atoms with Gasteiger partial charge in [-0.05, 0) is 61.0 Å². The summed E-state index contributed by atoms with van der Waals surface area (Å²) in [5.74, 6) is 0.495. The lowest BCUT2D eigenvalue weighted by Crippen LogP contribution is -2.14. The minimum atomic E-state index is -3.80. The van der Waals surface area contributed by atoms with Crippen molar-refractivity contribution in [2.24, 2.45) is 0 Å². The molecule has 0 bridgehead atoms. The molecular formula is C18H14ClN5O2S. The molecule has 0 amide bonds. The van der Waals surface area contributed by atoms with Crippen molar-refractivity contribution in [1.29, 1.82) is 5.26 Å². The number of nitriles is 1. The molecule has 27 heavy (non-hydrogen) atoms. The van der Waals surface area contributed by atoms with E-state index in [9.17, 15) is 8.42 Å². The van der Waals surface area contributed by atoms with Crippen LogP contribution in [-0.4, -0.2) is 18.6 Å². The van der Waals surface area contributed by atoms with Crippen LogP contribution in [-0.2, 0) is 10.0 Å².